The maximum Gasteiger partial charge on any atom is 0.302 e. The molecule has 6 heteroatoms. The average molecular weight is 531 g/mol. The Labute approximate surface area is 228 Å². The highest BCUT2D eigenvalue weighted by atomic mass is 16.7. The highest BCUT2D eigenvalue weighted by Gasteiger charge is 2.70. The first-order chi connectivity index (χ1) is 17.6. The molecule has 0 spiro atoms. The summed E-state index contributed by atoms with van der Waals surface area (Å²) in [7, 11) is 0. The van der Waals surface area contributed by atoms with E-state index in [0.29, 0.717) is 11.8 Å². The zero-order valence-corrected chi connectivity index (χ0v) is 24.8. The molecule has 12 atom stereocenters. The molecule has 38 heavy (non-hydrogen) atoms. The Morgan fingerprint density at radius 2 is 1.68 bits per heavy atom. The molecule has 2 saturated heterocycles. The van der Waals surface area contributed by atoms with E-state index in [1.807, 2.05) is 0 Å². The molecule has 0 aromatic heterocycles. The predicted molar refractivity (Wildman–Crippen MR) is 144 cm³/mol. The molecule has 0 aromatic rings. The van der Waals surface area contributed by atoms with E-state index < -0.39 is 6.29 Å². The molecule has 3 saturated carbocycles. The maximum atomic E-state index is 12.5. The van der Waals surface area contributed by atoms with Gasteiger partial charge < -0.3 is 24.4 Å². The van der Waals surface area contributed by atoms with Crippen molar-refractivity contribution >= 4 is 5.97 Å². The summed E-state index contributed by atoms with van der Waals surface area (Å²) in [6.07, 6.45) is 7.69. The minimum atomic E-state index is -0.766. The van der Waals surface area contributed by atoms with Crippen LogP contribution in [0.3, 0.4) is 0 Å². The Hall–Kier alpha value is -0.950. The van der Waals surface area contributed by atoms with E-state index in [2.05, 4.69) is 54.5 Å². The Bertz CT molecular complexity index is 1030. The van der Waals surface area contributed by atoms with Gasteiger partial charge in [0.25, 0.3) is 0 Å². The van der Waals surface area contributed by atoms with Gasteiger partial charge in [-0.1, -0.05) is 46.3 Å². The van der Waals surface area contributed by atoms with Crippen molar-refractivity contribution < 1.29 is 29.2 Å². The number of rotatable bonds is 3. The molecule has 0 bridgehead atoms. The molecule has 6 rings (SSSR count). The van der Waals surface area contributed by atoms with Gasteiger partial charge in [0.15, 0.2) is 6.29 Å². The lowest BCUT2D eigenvalue weighted by atomic mass is 9.37. The van der Waals surface area contributed by atoms with Crippen LogP contribution >= 0.6 is 0 Å². The average Bonchev–Trinajstić information content (AvgIpc) is 3.10. The molecule has 2 heterocycles. The van der Waals surface area contributed by atoms with Gasteiger partial charge in [0, 0.05) is 18.3 Å². The van der Waals surface area contributed by atoms with Crippen LogP contribution in [0.25, 0.3) is 0 Å². The van der Waals surface area contributed by atoms with Crippen molar-refractivity contribution in [3.05, 3.63) is 11.6 Å². The standard InChI is InChI=1S/C32H50O6/c1-17(33)36-25-16-23-28(2,3)24(34)12-14-31(23,7)22-11-13-30(6)19(9-10-21(30)32(22,25)8)18-15-20(37-27(18)35)26-29(4,5)38-26/h10,18-20,22-27,34-35H,9,11-16H2,1-8H3. The van der Waals surface area contributed by atoms with Crippen LogP contribution < -0.4 is 0 Å². The fourth-order valence-corrected chi connectivity index (χ4v) is 11.1. The molecule has 0 aromatic carbocycles. The second-order valence-electron chi connectivity index (χ2n) is 15.6. The molecule has 5 fully saturated rings. The summed E-state index contributed by atoms with van der Waals surface area (Å²) in [6, 6.07) is 0. The number of carbonyl (C=O) groups is 1. The fraction of sp³-hybridized carbons (Fsp3) is 0.906. The predicted octanol–water partition coefficient (Wildman–Crippen LogP) is 5.40. The van der Waals surface area contributed by atoms with Crippen LogP contribution in [-0.4, -0.2) is 52.5 Å². The minimum Gasteiger partial charge on any atom is -0.462 e. The quantitative estimate of drug-likeness (QED) is 0.289. The lowest BCUT2D eigenvalue weighted by Crippen LogP contribution is -2.66. The van der Waals surface area contributed by atoms with Crippen LogP contribution in [0.15, 0.2) is 11.6 Å². The van der Waals surface area contributed by atoms with E-state index in [-0.39, 0.29) is 69.5 Å². The van der Waals surface area contributed by atoms with E-state index in [9.17, 15) is 15.0 Å². The van der Waals surface area contributed by atoms with E-state index in [0.717, 1.165) is 44.9 Å². The van der Waals surface area contributed by atoms with E-state index in [4.69, 9.17) is 14.2 Å². The van der Waals surface area contributed by atoms with E-state index in [1.54, 1.807) is 0 Å². The largest absolute Gasteiger partial charge is 0.462 e. The van der Waals surface area contributed by atoms with Crippen molar-refractivity contribution in [3.63, 3.8) is 0 Å². The van der Waals surface area contributed by atoms with Gasteiger partial charge in [-0.05, 0) is 92.8 Å². The number of ether oxygens (including phenoxy) is 3. The van der Waals surface area contributed by atoms with Gasteiger partial charge in [-0.25, -0.2) is 0 Å². The molecule has 2 N–H and O–H groups in total. The van der Waals surface area contributed by atoms with E-state index in [1.165, 1.54) is 12.5 Å². The number of aliphatic hydroxyl groups excluding tert-OH is 2. The highest BCUT2D eigenvalue weighted by Crippen LogP contribution is 2.74. The molecular formula is C32H50O6. The monoisotopic (exact) mass is 530 g/mol. The summed E-state index contributed by atoms with van der Waals surface area (Å²) in [5.74, 6) is 0.814. The Morgan fingerprint density at radius 1 is 1.00 bits per heavy atom. The van der Waals surface area contributed by atoms with Crippen molar-refractivity contribution in [2.45, 2.75) is 137 Å². The van der Waals surface area contributed by atoms with Gasteiger partial charge in [-0.15, -0.1) is 0 Å². The molecule has 6 nitrogen and oxygen atoms in total. The summed E-state index contributed by atoms with van der Waals surface area (Å²) in [4.78, 5) is 12.5. The summed E-state index contributed by atoms with van der Waals surface area (Å²) >= 11 is 0. The Kier molecular flexibility index (Phi) is 5.95. The molecule has 214 valence electrons. The van der Waals surface area contributed by atoms with E-state index >= 15 is 0 Å². The summed E-state index contributed by atoms with van der Waals surface area (Å²) in [5.41, 5.74) is 0.798. The van der Waals surface area contributed by atoms with Gasteiger partial charge in [0.1, 0.15) is 12.2 Å². The van der Waals surface area contributed by atoms with Crippen LogP contribution in [0.4, 0.5) is 0 Å². The topological polar surface area (TPSA) is 88.5 Å². The van der Waals surface area contributed by atoms with Crippen LogP contribution in [0, 0.1) is 45.3 Å². The third-order valence-corrected chi connectivity index (χ3v) is 13.1. The second-order valence-corrected chi connectivity index (χ2v) is 15.6. The summed E-state index contributed by atoms with van der Waals surface area (Å²) in [5, 5.41) is 22.1. The molecule has 12 unspecified atom stereocenters. The lowest BCUT2D eigenvalue weighted by Gasteiger charge is -2.68. The van der Waals surface area contributed by atoms with Crippen molar-refractivity contribution in [2.24, 2.45) is 45.3 Å². The number of hydrogen-bond donors (Lipinski definition) is 2. The van der Waals surface area contributed by atoms with Crippen molar-refractivity contribution in [2.75, 3.05) is 0 Å². The van der Waals surface area contributed by atoms with Crippen molar-refractivity contribution in [1.82, 2.24) is 0 Å². The van der Waals surface area contributed by atoms with Crippen molar-refractivity contribution in [3.8, 4) is 0 Å². The zero-order chi connectivity index (χ0) is 27.6. The number of hydrogen-bond acceptors (Lipinski definition) is 6. The molecule has 2 aliphatic heterocycles. The normalized spacial score (nSPS) is 54.4. The zero-order valence-electron chi connectivity index (χ0n) is 24.8. The first kappa shape index (κ1) is 27.2. The number of esters is 1. The van der Waals surface area contributed by atoms with Gasteiger partial charge in [0.05, 0.1) is 17.8 Å². The lowest BCUT2D eigenvalue weighted by molar-refractivity contribution is -0.222. The van der Waals surface area contributed by atoms with Crippen LogP contribution in [0.2, 0.25) is 0 Å². The number of aliphatic hydroxyl groups is 2. The second kappa shape index (κ2) is 8.30. The first-order valence-electron chi connectivity index (χ1n) is 15.1. The molecule has 0 radical (unpaired) electrons. The molecular weight excluding hydrogens is 480 g/mol. The summed E-state index contributed by atoms with van der Waals surface area (Å²) < 4.78 is 18.2. The molecule has 0 amide bonds. The van der Waals surface area contributed by atoms with Gasteiger partial charge >= 0.3 is 5.97 Å². The Balaban J connectivity index is 1.34. The summed E-state index contributed by atoms with van der Waals surface area (Å²) in [6.45, 7) is 17.4. The third kappa shape index (κ3) is 3.55. The first-order valence-corrected chi connectivity index (χ1v) is 15.1. The number of epoxide rings is 1. The number of carbonyl (C=O) groups excluding carboxylic acids is 1. The SMILES string of the molecule is CC(=O)OC1CC2C(C)(C)C(O)CCC2(C)C2CCC3(C)C(=CCC3C3CC(C4OC4(C)C)OC3O)C12C. The third-order valence-electron chi connectivity index (χ3n) is 13.1. The maximum absolute atomic E-state index is 12.5. The molecule has 6 aliphatic rings. The Morgan fingerprint density at radius 3 is 2.32 bits per heavy atom. The van der Waals surface area contributed by atoms with Gasteiger partial charge in [-0.2, -0.15) is 0 Å². The smallest absolute Gasteiger partial charge is 0.302 e. The van der Waals surface area contributed by atoms with Crippen LogP contribution in [0.5, 0.6) is 0 Å². The fourth-order valence-electron chi connectivity index (χ4n) is 11.1. The number of fused-ring (bicyclic) bond motifs is 5. The highest BCUT2D eigenvalue weighted by molar-refractivity contribution is 5.66. The van der Waals surface area contributed by atoms with Crippen molar-refractivity contribution in [1.29, 1.82) is 0 Å². The van der Waals surface area contributed by atoms with Crippen LogP contribution in [0.1, 0.15) is 100 Å². The van der Waals surface area contributed by atoms with Crippen LogP contribution in [-0.2, 0) is 19.0 Å². The minimum absolute atomic E-state index is 0.0522. The number of allylic oxidation sites excluding steroid dienone is 1. The molecule has 4 aliphatic carbocycles. The van der Waals surface area contributed by atoms with Gasteiger partial charge in [0.2, 0.25) is 0 Å². The van der Waals surface area contributed by atoms with Gasteiger partial charge in [-0.3, -0.25) is 4.79 Å².